The molecule has 0 radical (unpaired) electrons. The van der Waals surface area contributed by atoms with Crippen molar-refractivity contribution in [3.8, 4) is 0 Å². The Labute approximate surface area is 254 Å². The van der Waals surface area contributed by atoms with Gasteiger partial charge in [0.05, 0.1) is 13.7 Å². The fourth-order valence-corrected chi connectivity index (χ4v) is 8.17. The van der Waals surface area contributed by atoms with E-state index in [0.717, 1.165) is 48.8 Å². The maximum Gasteiger partial charge on any atom is 0.303 e. The molecule has 230 valence electrons. The SMILES string of the molecule is COC1=CCC2(C=C1)CC=C1Cn3c2c(C2CCCCC2)c2ccc(cc23)C(=O)NS(=O)(=O)N(C)CCCCCNC1=O. The molecule has 4 bridgehead atoms. The predicted octanol–water partition coefficient (Wildman–Crippen LogP) is 4.95. The monoisotopic (exact) mass is 606 g/mol. The minimum atomic E-state index is -4.00. The molecule has 6 rings (SSSR count). The number of nitrogens with zero attached hydrogens (tertiary/aromatic N) is 2. The fraction of sp³-hybridized carbons (Fsp3) is 0.515. The zero-order chi connectivity index (χ0) is 30.2. The molecular formula is C33H42N4O5S. The molecule has 0 saturated heterocycles. The third-order valence-electron chi connectivity index (χ3n) is 9.72. The zero-order valence-electron chi connectivity index (χ0n) is 25.2. The summed E-state index contributed by atoms with van der Waals surface area (Å²) in [5.74, 6) is 0.461. The van der Waals surface area contributed by atoms with Crippen molar-refractivity contribution in [2.45, 2.75) is 82.1 Å². The number of fused-ring (bicyclic) bond motifs is 3. The van der Waals surface area contributed by atoms with Gasteiger partial charge in [-0.3, -0.25) is 9.59 Å². The van der Waals surface area contributed by atoms with Gasteiger partial charge in [-0.25, -0.2) is 4.72 Å². The summed E-state index contributed by atoms with van der Waals surface area (Å²) in [7, 11) is -0.842. The van der Waals surface area contributed by atoms with Gasteiger partial charge in [0.25, 0.3) is 5.91 Å². The number of carbonyl (C=O) groups is 2. The fourth-order valence-electron chi connectivity index (χ4n) is 7.29. The van der Waals surface area contributed by atoms with E-state index >= 15 is 0 Å². The Morgan fingerprint density at radius 3 is 2.49 bits per heavy atom. The Morgan fingerprint density at radius 2 is 1.74 bits per heavy atom. The van der Waals surface area contributed by atoms with Crippen LogP contribution in [0.1, 0.15) is 91.7 Å². The molecule has 1 atom stereocenters. The molecule has 2 amide bonds. The Morgan fingerprint density at radius 1 is 0.977 bits per heavy atom. The van der Waals surface area contributed by atoms with Crippen LogP contribution in [-0.2, 0) is 31.7 Å². The van der Waals surface area contributed by atoms with Gasteiger partial charge in [0.2, 0.25) is 5.91 Å². The lowest BCUT2D eigenvalue weighted by Gasteiger charge is -2.35. The van der Waals surface area contributed by atoms with E-state index in [1.165, 1.54) is 41.9 Å². The average molecular weight is 607 g/mol. The molecule has 2 aliphatic heterocycles. The number of benzene rings is 1. The van der Waals surface area contributed by atoms with Crippen molar-refractivity contribution in [2.24, 2.45) is 0 Å². The molecule has 4 aliphatic rings. The summed E-state index contributed by atoms with van der Waals surface area (Å²) >= 11 is 0. The molecule has 43 heavy (non-hydrogen) atoms. The van der Waals surface area contributed by atoms with Crippen LogP contribution >= 0.6 is 0 Å². The van der Waals surface area contributed by atoms with Gasteiger partial charge in [0.1, 0.15) is 5.76 Å². The second-order valence-electron chi connectivity index (χ2n) is 12.4. The average Bonchev–Trinajstić information content (AvgIpc) is 3.25. The molecule has 9 nitrogen and oxygen atoms in total. The van der Waals surface area contributed by atoms with Crippen molar-refractivity contribution in [1.29, 1.82) is 0 Å². The standard InChI is InChI=1S/C33H42N4O5S/c1-36-20-8-4-7-19-34-31(38)25-13-16-33(17-14-26(42-2)15-18-33)30-29(23-9-5-3-6-10-23)27-12-11-24(21-28(27)37(30)22-25)32(39)35-43(36,40)41/h11-15,17,21,23H,3-10,16,18-20,22H2,1-2H3,(H,34,38)(H,35,39). The highest BCUT2D eigenvalue weighted by Gasteiger charge is 2.41. The summed E-state index contributed by atoms with van der Waals surface area (Å²) < 4.78 is 37.2. The van der Waals surface area contributed by atoms with Gasteiger partial charge in [0.15, 0.2) is 0 Å². The number of hydrogen-bond donors (Lipinski definition) is 2. The van der Waals surface area contributed by atoms with Gasteiger partial charge in [0, 0.05) is 53.3 Å². The quantitative estimate of drug-likeness (QED) is 0.503. The first-order valence-electron chi connectivity index (χ1n) is 15.6. The van der Waals surface area contributed by atoms with E-state index in [1.807, 2.05) is 18.2 Å². The second kappa shape index (κ2) is 12.0. The molecule has 2 aromatic rings. The van der Waals surface area contributed by atoms with E-state index in [1.54, 1.807) is 13.2 Å². The third-order valence-corrected chi connectivity index (χ3v) is 11.2. The van der Waals surface area contributed by atoms with Gasteiger partial charge in [-0.1, -0.05) is 43.9 Å². The van der Waals surface area contributed by atoms with Gasteiger partial charge in [-0.2, -0.15) is 12.7 Å². The molecule has 1 saturated carbocycles. The van der Waals surface area contributed by atoms with E-state index in [4.69, 9.17) is 4.74 Å². The molecule has 1 fully saturated rings. The molecule has 10 heteroatoms. The van der Waals surface area contributed by atoms with Crippen LogP contribution in [0.4, 0.5) is 0 Å². The first-order chi connectivity index (χ1) is 20.7. The maximum atomic E-state index is 13.6. The summed E-state index contributed by atoms with van der Waals surface area (Å²) in [6.45, 7) is 1.19. The summed E-state index contributed by atoms with van der Waals surface area (Å²) in [6.07, 6.45) is 17.8. The van der Waals surface area contributed by atoms with E-state index in [-0.39, 0.29) is 23.4 Å². The smallest absolute Gasteiger partial charge is 0.303 e. The molecule has 1 unspecified atom stereocenters. The van der Waals surface area contributed by atoms with E-state index in [0.29, 0.717) is 37.4 Å². The molecule has 2 aliphatic carbocycles. The van der Waals surface area contributed by atoms with Gasteiger partial charge < -0.3 is 14.6 Å². The Hall–Kier alpha value is -3.37. The highest BCUT2D eigenvalue weighted by Crippen LogP contribution is 2.50. The van der Waals surface area contributed by atoms with Crippen LogP contribution in [-0.4, -0.2) is 56.4 Å². The highest BCUT2D eigenvalue weighted by molar-refractivity contribution is 7.87. The van der Waals surface area contributed by atoms with E-state index in [9.17, 15) is 18.0 Å². The summed E-state index contributed by atoms with van der Waals surface area (Å²) in [4.78, 5) is 27.0. The number of methoxy groups -OCH3 is 1. The van der Waals surface area contributed by atoms with Gasteiger partial charge >= 0.3 is 10.2 Å². The molecule has 2 N–H and O–H groups in total. The number of carbonyl (C=O) groups excluding carboxylic acids is 2. The lowest BCUT2D eigenvalue weighted by Crippen LogP contribution is -2.41. The van der Waals surface area contributed by atoms with Crippen molar-refractivity contribution in [3.63, 3.8) is 0 Å². The first kappa shape index (κ1) is 29.7. The highest BCUT2D eigenvalue weighted by atomic mass is 32.2. The number of rotatable bonds is 2. The van der Waals surface area contributed by atoms with Crippen molar-refractivity contribution in [1.82, 2.24) is 18.9 Å². The summed E-state index contributed by atoms with van der Waals surface area (Å²) in [6, 6.07) is 5.54. The lowest BCUT2D eigenvalue weighted by molar-refractivity contribution is -0.117. The molecular weight excluding hydrogens is 564 g/mol. The third kappa shape index (κ3) is 5.67. The summed E-state index contributed by atoms with van der Waals surface area (Å²) in [5, 5.41) is 4.19. The van der Waals surface area contributed by atoms with Crippen LogP contribution < -0.4 is 10.0 Å². The van der Waals surface area contributed by atoms with Crippen LogP contribution in [0.15, 0.2) is 53.8 Å². The van der Waals surface area contributed by atoms with Crippen molar-refractivity contribution in [2.75, 3.05) is 27.2 Å². The number of allylic oxidation sites excluding steroid dienone is 4. The minimum Gasteiger partial charge on any atom is -0.497 e. The molecule has 3 heterocycles. The number of hydrogen-bond acceptors (Lipinski definition) is 5. The zero-order valence-corrected chi connectivity index (χ0v) is 26.0. The normalized spacial score (nSPS) is 25.6. The Bertz CT molecular complexity index is 1630. The van der Waals surface area contributed by atoms with Crippen LogP contribution in [0.25, 0.3) is 10.9 Å². The topological polar surface area (TPSA) is 110 Å². The van der Waals surface area contributed by atoms with Gasteiger partial charge in [-0.15, -0.1) is 0 Å². The summed E-state index contributed by atoms with van der Waals surface area (Å²) in [5.41, 5.74) is 3.95. The van der Waals surface area contributed by atoms with Crippen LogP contribution in [0.2, 0.25) is 0 Å². The predicted molar refractivity (Wildman–Crippen MR) is 167 cm³/mol. The van der Waals surface area contributed by atoms with Crippen molar-refractivity contribution < 1.29 is 22.7 Å². The largest absolute Gasteiger partial charge is 0.497 e. The van der Waals surface area contributed by atoms with E-state index < -0.39 is 16.1 Å². The number of ether oxygens (including phenoxy) is 1. The van der Waals surface area contributed by atoms with E-state index in [2.05, 4.69) is 32.8 Å². The van der Waals surface area contributed by atoms with Crippen molar-refractivity contribution in [3.05, 3.63) is 70.7 Å². The molecule has 1 aromatic heterocycles. The van der Waals surface area contributed by atoms with Crippen LogP contribution in [0.5, 0.6) is 0 Å². The number of aromatic nitrogens is 1. The van der Waals surface area contributed by atoms with Gasteiger partial charge in [-0.05, 0) is 74.3 Å². The van der Waals surface area contributed by atoms with Crippen LogP contribution in [0.3, 0.4) is 0 Å². The molecule has 1 spiro atoms. The number of amides is 2. The second-order valence-corrected chi connectivity index (χ2v) is 14.2. The van der Waals surface area contributed by atoms with Crippen LogP contribution in [0, 0.1) is 0 Å². The molecule has 1 aromatic carbocycles. The lowest BCUT2D eigenvalue weighted by atomic mass is 9.71. The van der Waals surface area contributed by atoms with Crippen molar-refractivity contribution >= 4 is 32.9 Å². The Balaban J connectivity index is 1.57. The maximum absolute atomic E-state index is 13.6. The first-order valence-corrected chi connectivity index (χ1v) is 17.0. The minimum absolute atomic E-state index is 0.0742. The Kier molecular flexibility index (Phi) is 8.26. The number of nitrogens with one attached hydrogen (secondary N) is 2.